The number of ether oxygens (including phenoxy) is 1. The quantitative estimate of drug-likeness (QED) is 0.708. The normalized spacial score (nSPS) is 8.50. The highest BCUT2D eigenvalue weighted by Gasteiger charge is 1.94. The molecule has 0 aliphatic rings. The Kier molecular flexibility index (Phi) is 20.6. The molecule has 0 aromatic heterocycles. The van der Waals surface area contributed by atoms with Gasteiger partial charge in [-0.2, -0.15) is 0 Å². The van der Waals surface area contributed by atoms with Crippen LogP contribution < -0.4 is 10.5 Å². The first kappa shape index (κ1) is 25.9. The lowest BCUT2D eigenvalue weighted by molar-refractivity contribution is -0.117. The van der Waals surface area contributed by atoms with Gasteiger partial charge in [0.15, 0.2) is 0 Å². The fourth-order valence-corrected chi connectivity index (χ4v) is 1.68. The molecule has 3 N–H and O–H groups in total. The fraction of sp³-hybridized carbons (Fsp3) is 0.409. The lowest BCUT2D eigenvalue weighted by Crippen LogP contribution is -2.10. The maximum atomic E-state index is 10.4. The van der Waals surface area contributed by atoms with Gasteiger partial charge in [0.05, 0.1) is 6.61 Å². The number of hydrogen-bond acceptors (Lipinski definition) is 3. The summed E-state index contributed by atoms with van der Waals surface area (Å²) in [6.07, 6.45) is 1.87. The molecular formula is C22H35NO3. The third-order valence-electron chi connectivity index (χ3n) is 2.82. The van der Waals surface area contributed by atoms with Crippen LogP contribution in [0.15, 0.2) is 60.7 Å². The first-order valence-corrected chi connectivity index (χ1v) is 9.33. The van der Waals surface area contributed by atoms with E-state index in [-0.39, 0.29) is 12.5 Å². The van der Waals surface area contributed by atoms with Gasteiger partial charge >= 0.3 is 0 Å². The van der Waals surface area contributed by atoms with Crippen molar-refractivity contribution in [3.8, 4) is 5.75 Å². The van der Waals surface area contributed by atoms with Crippen molar-refractivity contribution in [1.82, 2.24) is 0 Å². The van der Waals surface area contributed by atoms with Crippen molar-refractivity contribution in [2.75, 3.05) is 13.2 Å². The van der Waals surface area contributed by atoms with Crippen molar-refractivity contribution in [3.05, 3.63) is 66.2 Å². The van der Waals surface area contributed by atoms with Gasteiger partial charge in [0, 0.05) is 19.4 Å². The molecule has 146 valence electrons. The SMILES string of the molecule is CC.CC.NC(=O)CCc1ccccc1.OCCCOc1ccccc1. The standard InChI is InChI=1S/C9H11NO.C9H12O2.2C2H6/c10-9(11)7-6-8-4-2-1-3-5-8;10-7-4-8-11-9-5-2-1-3-6-9;2*1-2/h1-5H,6-7H2,(H2,10,11);1-3,5-6,10H,4,7-8H2;2*1-2H3. The molecule has 0 aliphatic heterocycles. The molecule has 26 heavy (non-hydrogen) atoms. The largest absolute Gasteiger partial charge is 0.494 e. The molecule has 0 aliphatic carbocycles. The van der Waals surface area contributed by atoms with Crippen LogP contribution >= 0.6 is 0 Å². The van der Waals surface area contributed by atoms with E-state index < -0.39 is 0 Å². The maximum Gasteiger partial charge on any atom is 0.217 e. The third kappa shape index (κ3) is 16.5. The molecule has 0 atom stereocenters. The Morgan fingerprint density at radius 3 is 1.88 bits per heavy atom. The van der Waals surface area contributed by atoms with Crippen molar-refractivity contribution in [2.45, 2.75) is 47.0 Å². The molecule has 0 fully saturated rings. The number of rotatable bonds is 7. The van der Waals surface area contributed by atoms with E-state index in [0.29, 0.717) is 19.4 Å². The van der Waals surface area contributed by atoms with E-state index in [2.05, 4.69) is 0 Å². The van der Waals surface area contributed by atoms with Crippen molar-refractivity contribution in [2.24, 2.45) is 5.73 Å². The molecule has 0 saturated carbocycles. The predicted molar refractivity (Wildman–Crippen MR) is 110 cm³/mol. The monoisotopic (exact) mass is 361 g/mol. The Labute approximate surface area is 159 Å². The smallest absolute Gasteiger partial charge is 0.217 e. The zero-order valence-corrected chi connectivity index (χ0v) is 16.7. The highest BCUT2D eigenvalue weighted by atomic mass is 16.5. The van der Waals surface area contributed by atoms with E-state index in [1.807, 2.05) is 88.4 Å². The van der Waals surface area contributed by atoms with Gasteiger partial charge in [-0.1, -0.05) is 76.2 Å². The molecule has 2 aromatic rings. The van der Waals surface area contributed by atoms with Gasteiger partial charge in [-0.25, -0.2) is 0 Å². The number of carbonyl (C=O) groups is 1. The molecule has 0 saturated heterocycles. The Balaban J connectivity index is 0. The van der Waals surface area contributed by atoms with Crippen LogP contribution in [0.25, 0.3) is 0 Å². The lowest BCUT2D eigenvalue weighted by atomic mass is 10.1. The highest BCUT2D eigenvalue weighted by molar-refractivity contribution is 5.73. The second-order valence-corrected chi connectivity index (χ2v) is 4.69. The van der Waals surface area contributed by atoms with Gasteiger partial charge in [0.1, 0.15) is 5.75 Å². The molecule has 4 heteroatoms. The second kappa shape index (κ2) is 20.7. The minimum Gasteiger partial charge on any atom is -0.494 e. The predicted octanol–water partition coefficient (Wildman–Crippen LogP) is 4.60. The summed E-state index contributed by atoms with van der Waals surface area (Å²) in [6, 6.07) is 19.4. The van der Waals surface area contributed by atoms with Crippen LogP contribution in [0.2, 0.25) is 0 Å². The fourth-order valence-electron chi connectivity index (χ4n) is 1.68. The van der Waals surface area contributed by atoms with Crippen LogP contribution in [0.1, 0.15) is 46.1 Å². The minimum absolute atomic E-state index is 0.187. The Morgan fingerprint density at radius 1 is 0.923 bits per heavy atom. The van der Waals surface area contributed by atoms with Crippen LogP contribution in [0.4, 0.5) is 0 Å². The molecule has 0 spiro atoms. The Bertz CT molecular complexity index is 515. The summed E-state index contributed by atoms with van der Waals surface area (Å²) in [7, 11) is 0. The zero-order valence-electron chi connectivity index (χ0n) is 16.7. The topological polar surface area (TPSA) is 72.6 Å². The average Bonchev–Trinajstić information content (AvgIpc) is 2.72. The lowest BCUT2D eigenvalue weighted by Gasteiger charge is -2.02. The van der Waals surface area contributed by atoms with Gasteiger partial charge < -0.3 is 15.6 Å². The van der Waals surface area contributed by atoms with Gasteiger partial charge in [0.25, 0.3) is 0 Å². The molecule has 0 unspecified atom stereocenters. The van der Waals surface area contributed by atoms with Crippen LogP contribution in [0.3, 0.4) is 0 Å². The van der Waals surface area contributed by atoms with Crippen LogP contribution in [-0.2, 0) is 11.2 Å². The average molecular weight is 362 g/mol. The number of aryl methyl sites for hydroxylation is 1. The number of benzene rings is 2. The number of carbonyl (C=O) groups excluding carboxylic acids is 1. The summed E-state index contributed by atoms with van der Waals surface area (Å²) < 4.78 is 5.29. The van der Waals surface area contributed by atoms with Gasteiger partial charge in [-0.3, -0.25) is 4.79 Å². The van der Waals surface area contributed by atoms with E-state index in [1.54, 1.807) is 0 Å². The highest BCUT2D eigenvalue weighted by Crippen LogP contribution is 2.07. The van der Waals surface area contributed by atoms with E-state index in [1.165, 1.54) is 0 Å². The summed E-state index contributed by atoms with van der Waals surface area (Å²) >= 11 is 0. The molecule has 0 bridgehead atoms. The summed E-state index contributed by atoms with van der Waals surface area (Å²) in [5, 5.41) is 8.46. The number of hydrogen-bond donors (Lipinski definition) is 2. The number of amides is 1. The van der Waals surface area contributed by atoms with E-state index >= 15 is 0 Å². The number of primary amides is 1. The van der Waals surface area contributed by atoms with Gasteiger partial charge in [-0.15, -0.1) is 0 Å². The van der Waals surface area contributed by atoms with E-state index in [9.17, 15) is 4.79 Å². The Hall–Kier alpha value is -2.33. The summed E-state index contributed by atoms with van der Waals surface area (Å²) in [5.74, 6) is 0.620. The van der Waals surface area contributed by atoms with E-state index in [0.717, 1.165) is 17.7 Å². The van der Waals surface area contributed by atoms with Gasteiger partial charge in [-0.05, 0) is 24.1 Å². The molecule has 4 nitrogen and oxygen atoms in total. The number of nitrogens with two attached hydrogens (primary N) is 1. The van der Waals surface area contributed by atoms with Crippen molar-refractivity contribution >= 4 is 5.91 Å². The Morgan fingerprint density at radius 2 is 1.42 bits per heavy atom. The first-order chi connectivity index (χ1) is 12.7. The third-order valence-corrected chi connectivity index (χ3v) is 2.82. The summed E-state index contributed by atoms with van der Waals surface area (Å²) in [4.78, 5) is 10.4. The van der Waals surface area contributed by atoms with Crippen molar-refractivity contribution < 1.29 is 14.6 Å². The second-order valence-electron chi connectivity index (χ2n) is 4.69. The number of aliphatic hydroxyl groups is 1. The molecule has 2 rings (SSSR count). The molecular weight excluding hydrogens is 326 g/mol. The summed E-state index contributed by atoms with van der Waals surface area (Å²) in [5.41, 5.74) is 6.16. The van der Waals surface area contributed by atoms with Crippen LogP contribution in [0.5, 0.6) is 5.75 Å². The molecule has 1 amide bonds. The van der Waals surface area contributed by atoms with E-state index in [4.69, 9.17) is 15.6 Å². The first-order valence-electron chi connectivity index (χ1n) is 9.33. The van der Waals surface area contributed by atoms with Crippen LogP contribution in [0, 0.1) is 0 Å². The number of para-hydroxylation sites is 1. The minimum atomic E-state index is -0.242. The summed E-state index contributed by atoms with van der Waals surface area (Å²) in [6.45, 7) is 8.77. The number of aliphatic hydroxyl groups excluding tert-OH is 1. The molecule has 2 aromatic carbocycles. The van der Waals surface area contributed by atoms with Crippen LogP contribution in [-0.4, -0.2) is 24.2 Å². The molecule has 0 heterocycles. The van der Waals surface area contributed by atoms with Crippen molar-refractivity contribution in [1.29, 1.82) is 0 Å². The van der Waals surface area contributed by atoms with Gasteiger partial charge in [0.2, 0.25) is 5.91 Å². The zero-order chi connectivity index (χ0) is 20.0. The molecule has 0 radical (unpaired) electrons. The maximum absolute atomic E-state index is 10.4. The van der Waals surface area contributed by atoms with Crippen molar-refractivity contribution in [3.63, 3.8) is 0 Å².